The second kappa shape index (κ2) is 41.1. The van der Waals surface area contributed by atoms with E-state index in [2.05, 4.69) is 50.3 Å². The molecule has 0 spiro atoms. The number of likely N-dealkylation sites (N-methyl/N-ethyl adjacent to an activating group) is 1. The summed E-state index contributed by atoms with van der Waals surface area (Å²) in [6.45, 7) is 4.67. The maximum atomic E-state index is 12.5. The van der Waals surface area contributed by atoms with E-state index in [1.807, 2.05) is 27.2 Å². The monoisotopic (exact) mass is 824 g/mol. The minimum Gasteiger partial charge on any atom is -0.756 e. The molecule has 0 N–H and O–H groups in total. The van der Waals surface area contributed by atoms with Crippen molar-refractivity contribution in [2.45, 2.75) is 206 Å². The molecule has 0 rings (SSSR count). The van der Waals surface area contributed by atoms with Gasteiger partial charge in [0, 0.05) is 6.42 Å². The van der Waals surface area contributed by atoms with E-state index in [9.17, 15) is 14.3 Å². The number of quaternary nitrogens is 1. The van der Waals surface area contributed by atoms with E-state index in [0.29, 0.717) is 17.4 Å². The predicted octanol–water partition coefficient (Wildman–Crippen LogP) is 13.7. The minimum atomic E-state index is -4.52. The number of allylic oxidation sites excluding steroid dienone is 7. The minimum absolute atomic E-state index is 0.0243. The van der Waals surface area contributed by atoms with Gasteiger partial charge in [0.2, 0.25) is 0 Å². The van der Waals surface area contributed by atoms with Crippen LogP contribution in [0.5, 0.6) is 0 Å². The molecule has 0 radical (unpaired) electrons. The van der Waals surface area contributed by atoms with Crippen molar-refractivity contribution >= 4 is 13.8 Å². The van der Waals surface area contributed by atoms with E-state index in [4.69, 9.17) is 18.5 Å². The summed E-state index contributed by atoms with van der Waals surface area (Å²) < 4.78 is 34.4. The lowest BCUT2D eigenvalue weighted by Gasteiger charge is -2.28. The molecule has 334 valence electrons. The van der Waals surface area contributed by atoms with Gasteiger partial charge in [0.05, 0.1) is 34.0 Å². The third-order valence-corrected chi connectivity index (χ3v) is 10.9. The van der Waals surface area contributed by atoms with Gasteiger partial charge in [0.1, 0.15) is 19.8 Å². The van der Waals surface area contributed by atoms with Crippen molar-refractivity contribution in [3.8, 4) is 0 Å². The van der Waals surface area contributed by atoms with Crippen molar-refractivity contribution < 1.29 is 37.3 Å². The smallest absolute Gasteiger partial charge is 0.305 e. The highest BCUT2D eigenvalue weighted by atomic mass is 31.2. The Labute approximate surface area is 352 Å². The number of ether oxygens (including phenoxy) is 2. The number of phosphoric ester groups is 1. The highest BCUT2D eigenvalue weighted by Crippen LogP contribution is 2.38. The molecule has 0 aromatic carbocycles. The van der Waals surface area contributed by atoms with Gasteiger partial charge in [-0.25, -0.2) is 0 Å². The van der Waals surface area contributed by atoms with Crippen molar-refractivity contribution in [3.05, 3.63) is 48.8 Å². The maximum absolute atomic E-state index is 12.5. The van der Waals surface area contributed by atoms with Gasteiger partial charge in [-0.1, -0.05) is 153 Å². The fourth-order valence-electron chi connectivity index (χ4n) is 6.20. The Kier molecular flexibility index (Phi) is 39.8. The molecule has 0 aliphatic rings. The number of nitrogens with zero attached hydrogens (tertiary/aromatic N) is 1. The molecule has 9 heteroatoms. The van der Waals surface area contributed by atoms with Crippen LogP contribution in [0.3, 0.4) is 0 Å². The Morgan fingerprint density at radius 1 is 0.561 bits per heavy atom. The molecule has 2 unspecified atom stereocenters. The summed E-state index contributed by atoms with van der Waals surface area (Å²) in [6.07, 6.45) is 50.8. The third kappa shape index (κ3) is 45.2. The van der Waals surface area contributed by atoms with E-state index in [1.54, 1.807) is 6.26 Å². The van der Waals surface area contributed by atoms with Gasteiger partial charge in [-0.3, -0.25) is 9.36 Å². The van der Waals surface area contributed by atoms with Crippen LogP contribution in [0.15, 0.2) is 48.8 Å². The first kappa shape index (κ1) is 55.3. The van der Waals surface area contributed by atoms with Crippen LogP contribution in [-0.2, 0) is 27.9 Å². The summed E-state index contributed by atoms with van der Waals surface area (Å²) in [5.74, 6) is -0.299. The average molecular weight is 824 g/mol. The number of hydrogen-bond acceptors (Lipinski definition) is 7. The molecule has 0 aliphatic heterocycles. The standard InChI is InChI=1S/C48H90NO7P/c1-6-8-10-12-14-16-18-20-22-24-25-26-27-29-31-33-35-37-39-41-48(50)54-45-47(46-56-57(51,52)55-44-42-49(3,4)5)53-43-40-38-36-34-32-30-28-23-21-19-17-15-13-11-9-7-2/h14,16-17,19-20,22,40,43,47H,6-13,15,18,21,23-39,41-42,44-46H2,1-5H3/b16-14-,19-17-,22-20-,43-40-. The topological polar surface area (TPSA) is 94.1 Å². The number of unbranched alkanes of at least 4 members (excludes halogenated alkanes) is 23. The number of hydrogen-bond donors (Lipinski definition) is 0. The number of carbonyl (C=O) groups is 1. The number of phosphoric acid groups is 1. The summed E-state index contributed by atoms with van der Waals surface area (Å²) in [5, 5.41) is 0. The van der Waals surface area contributed by atoms with Crippen molar-refractivity contribution in [1.29, 1.82) is 0 Å². The highest BCUT2D eigenvalue weighted by Gasteiger charge is 2.19. The van der Waals surface area contributed by atoms with Crippen molar-refractivity contribution in [3.63, 3.8) is 0 Å². The zero-order chi connectivity index (χ0) is 42.0. The lowest BCUT2D eigenvalue weighted by atomic mass is 10.1. The van der Waals surface area contributed by atoms with Crippen LogP contribution >= 0.6 is 7.82 Å². The van der Waals surface area contributed by atoms with Crippen molar-refractivity contribution in [2.75, 3.05) is 47.5 Å². The molecule has 0 aromatic rings. The second-order valence-electron chi connectivity index (χ2n) is 16.8. The molecule has 57 heavy (non-hydrogen) atoms. The fraction of sp³-hybridized carbons (Fsp3) is 0.812. The van der Waals surface area contributed by atoms with Crippen LogP contribution in [-0.4, -0.2) is 64.1 Å². The number of esters is 1. The molecule has 8 nitrogen and oxygen atoms in total. The molecule has 0 saturated heterocycles. The average Bonchev–Trinajstić information content (AvgIpc) is 3.17. The highest BCUT2D eigenvalue weighted by molar-refractivity contribution is 7.45. The lowest BCUT2D eigenvalue weighted by Crippen LogP contribution is -2.37. The second-order valence-corrected chi connectivity index (χ2v) is 18.2. The molecule has 0 amide bonds. The van der Waals surface area contributed by atoms with E-state index in [1.165, 1.54) is 141 Å². The summed E-state index contributed by atoms with van der Waals surface area (Å²) >= 11 is 0. The van der Waals surface area contributed by atoms with E-state index >= 15 is 0 Å². The summed E-state index contributed by atoms with van der Waals surface area (Å²) in [6, 6.07) is 0. The van der Waals surface area contributed by atoms with Crippen LogP contribution < -0.4 is 4.89 Å². The zero-order valence-corrected chi connectivity index (χ0v) is 38.7. The van der Waals surface area contributed by atoms with Crippen LogP contribution in [0.1, 0.15) is 200 Å². The Balaban J connectivity index is 4.24. The first-order chi connectivity index (χ1) is 27.6. The van der Waals surface area contributed by atoms with E-state index in [0.717, 1.165) is 38.5 Å². The summed E-state index contributed by atoms with van der Waals surface area (Å²) in [4.78, 5) is 24.9. The van der Waals surface area contributed by atoms with Crippen LogP contribution in [0.4, 0.5) is 0 Å². The molecule has 0 heterocycles. The van der Waals surface area contributed by atoms with Gasteiger partial charge in [0.15, 0.2) is 6.10 Å². The zero-order valence-electron chi connectivity index (χ0n) is 37.8. The quantitative estimate of drug-likeness (QED) is 0.0151. The summed E-state index contributed by atoms with van der Waals surface area (Å²) in [5.41, 5.74) is 0. The molecule has 2 atom stereocenters. The Morgan fingerprint density at radius 3 is 1.49 bits per heavy atom. The normalized spacial score (nSPS) is 14.1. The number of carbonyl (C=O) groups excluding carboxylic acids is 1. The first-order valence-electron chi connectivity index (χ1n) is 23.4. The first-order valence-corrected chi connectivity index (χ1v) is 24.9. The largest absolute Gasteiger partial charge is 0.756 e. The molecule has 0 aliphatic carbocycles. The Morgan fingerprint density at radius 2 is 0.982 bits per heavy atom. The van der Waals surface area contributed by atoms with E-state index in [-0.39, 0.29) is 25.8 Å². The maximum Gasteiger partial charge on any atom is 0.305 e. The summed E-state index contributed by atoms with van der Waals surface area (Å²) in [7, 11) is 1.35. The van der Waals surface area contributed by atoms with Gasteiger partial charge >= 0.3 is 5.97 Å². The molecular formula is C48H90NO7P. The van der Waals surface area contributed by atoms with Crippen molar-refractivity contribution in [2.24, 2.45) is 0 Å². The molecule has 0 saturated carbocycles. The fourth-order valence-corrected chi connectivity index (χ4v) is 6.93. The van der Waals surface area contributed by atoms with Gasteiger partial charge in [-0.2, -0.15) is 0 Å². The third-order valence-electron chi connectivity index (χ3n) is 9.94. The van der Waals surface area contributed by atoms with Gasteiger partial charge in [-0.05, 0) is 83.1 Å². The Hall–Kier alpha value is -1.70. The molecular weight excluding hydrogens is 734 g/mol. The molecule has 0 aromatic heterocycles. The Bertz CT molecular complexity index is 1050. The number of rotatable bonds is 43. The van der Waals surface area contributed by atoms with Crippen LogP contribution in [0, 0.1) is 0 Å². The van der Waals surface area contributed by atoms with E-state index < -0.39 is 13.9 Å². The SMILES string of the molecule is CCCCC/C=C\C/C=C\CCCCCCCCCCCC(=O)OCC(COP(=O)([O-])OCC[N+](C)(C)C)O/C=C\CCCCCCCC/C=C\CCCCCC. The van der Waals surface area contributed by atoms with Gasteiger partial charge < -0.3 is 27.9 Å². The van der Waals surface area contributed by atoms with Crippen molar-refractivity contribution in [1.82, 2.24) is 0 Å². The molecule has 0 bridgehead atoms. The lowest BCUT2D eigenvalue weighted by molar-refractivity contribution is -0.870. The van der Waals surface area contributed by atoms with Crippen LogP contribution in [0.25, 0.3) is 0 Å². The van der Waals surface area contributed by atoms with Crippen LogP contribution in [0.2, 0.25) is 0 Å². The predicted molar refractivity (Wildman–Crippen MR) is 240 cm³/mol. The molecule has 0 fully saturated rings. The van der Waals surface area contributed by atoms with Gasteiger partial charge in [0.25, 0.3) is 7.82 Å². The van der Waals surface area contributed by atoms with Gasteiger partial charge in [-0.15, -0.1) is 0 Å².